The summed E-state index contributed by atoms with van der Waals surface area (Å²) >= 11 is 9.03. The monoisotopic (exact) mass is 372 g/mol. The number of carbonyl (C=O) groups is 1. The molecule has 2 rings (SSSR count). The summed E-state index contributed by atoms with van der Waals surface area (Å²) in [5.41, 5.74) is -0.273. The van der Waals surface area contributed by atoms with Gasteiger partial charge in [-0.15, -0.1) is 18.2 Å². The Labute approximate surface area is 150 Å². The molecule has 2 unspecified atom stereocenters. The van der Waals surface area contributed by atoms with E-state index in [4.69, 9.17) is 18.2 Å². The number of hydrogen-bond donors (Lipinski definition) is 0. The van der Waals surface area contributed by atoms with Crippen LogP contribution in [0.4, 0.5) is 14.9 Å². The molecule has 1 amide bonds. The summed E-state index contributed by atoms with van der Waals surface area (Å²) in [5.74, 6) is 2.14. The molecule has 1 aliphatic rings. The van der Waals surface area contributed by atoms with Crippen molar-refractivity contribution in [1.82, 2.24) is 4.53 Å². The second-order valence-corrected chi connectivity index (χ2v) is 9.41. The van der Waals surface area contributed by atoms with Crippen molar-refractivity contribution in [3.05, 3.63) is 30.1 Å². The maximum absolute atomic E-state index is 14.1. The number of hydrazine groups is 1. The van der Waals surface area contributed by atoms with E-state index >= 15 is 0 Å². The maximum atomic E-state index is 14.1. The first-order chi connectivity index (χ1) is 10.6. The van der Waals surface area contributed by atoms with Gasteiger partial charge >= 0.3 is 5.24 Å². The zero-order valence-corrected chi connectivity index (χ0v) is 15.7. The lowest BCUT2D eigenvalue weighted by Gasteiger charge is -2.43. The number of terminal acetylenes is 1. The number of hydrogen-bond acceptors (Lipinski definition) is 4. The number of amides is 1. The highest BCUT2D eigenvalue weighted by atomic mass is 35.5. The average Bonchev–Trinajstić information content (AvgIpc) is 2.71. The van der Waals surface area contributed by atoms with Crippen LogP contribution in [0.2, 0.25) is 0 Å². The van der Waals surface area contributed by atoms with Crippen LogP contribution in [-0.4, -0.2) is 19.2 Å². The molecule has 2 atom stereocenters. The van der Waals surface area contributed by atoms with Crippen molar-refractivity contribution in [2.45, 2.75) is 37.1 Å². The zero-order chi connectivity index (χ0) is 17.4. The highest BCUT2D eigenvalue weighted by Crippen LogP contribution is 2.60. The van der Waals surface area contributed by atoms with Crippen molar-refractivity contribution >= 4 is 46.2 Å². The second kappa shape index (κ2) is 6.56. The minimum atomic E-state index is -0.848. The van der Waals surface area contributed by atoms with Gasteiger partial charge in [0.25, 0.3) is 0 Å². The van der Waals surface area contributed by atoms with Gasteiger partial charge in [0.1, 0.15) is 5.82 Å². The first-order valence-electron chi connectivity index (χ1n) is 7.01. The molecule has 0 radical (unpaired) electrons. The van der Waals surface area contributed by atoms with Crippen molar-refractivity contribution in [3.8, 4) is 12.3 Å². The summed E-state index contributed by atoms with van der Waals surface area (Å²) in [5, 5.41) is 0.677. The van der Waals surface area contributed by atoms with Crippen LogP contribution in [0.5, 0.6) is 0 Å². The van der Waals surface area contributed by atoms with E-state index in [-0.39, 0.29) is 16.2 Å². The number of nitrogens with zero attached hydrogens (tertiary/aromatic N) is 2. The lowest BCUT2D eigenvalue weighted by Crippen LogP contribution is -2.50. The average molecular weight is 373 g/mol. The fourth-order valence-electron chi connectivity index (χ4n) is 2.17. The Hall–Kier alpha value is -0.870. The first-order valence-corrected chi connectivity index (χ1v) is 9.05. The van der Waals surface area contributed by atoms with E-state index in [1.165, 1.54) is 33.4 Å². The Morgan fingerprint density at radius 2 is 2.04 bits per heavy atom. The van der Waals surface area contributed by atoms with Crippen LogP contribution in [-0.2, 0) is 0 Å². The van der Waals surface area contributed by atoms with E-state index in [9.17, 15) is 9.18 Å². The number of carbonyl (C=O) groups excluding carboxylic acids is 1. The van der Waals surface area contributed by atoms with Crippen LogP contribution in [0.3, 0.4) is 0 Å². The molecule has 0 N–H and O–H groups in total. The molecule has 1 aliphatic heterocycles. The molecule has 0 aliphatic carbocycles. The standard InChI is InChI=1S/C16H18ClFN2OS2/c1-6-11(2)22-16(15(3,4)5)20(17)19(14(21)23-16)13-10-8-7-9-12(13)18/h1,7-11H,2-5H3. The van der Waals surface area contributed by atoms with Gasteiger partial charge in [0.15, 0.2) is 4.20 Å². The third kappa shape index (κ3) is 3.20. The molecular weight excluding hydrogens is 355 g/mol. The normalized spacial score (nSPS) is 23.9. The minimum absolute atomic E-state index is 0.125. The Kier molecular flexibility index (Phi) is 5.27. The Morgan fingerprint density at radius 3 is 2.57 bits per heavy atom. The molecular formula is C16H18ClFN2OS2. The van der Waals surface area contributed by atoms with Crippen LogP contribution in [0.1, 0.15) is 27.7 Å². The van der Waals surface area contributed by atoms with Crippen LogP contribution >= 0.6 is 35.3 Å². The lowest BCUT2D eigenvalue weighted by atomic mass is 9.96. The van der Waals surface area contributed by atoms with Gasteiger partial charge in [0.2, 0.25) is 0 Å². The molecule has 1 heterocycles. The molecule has 7 heteroatoms. The predicted molar refractivity (Wildman–Crippen MR) is 97.6 cm³/mol. The molecule has 1 saturated heterocycles. The zero-order valence-electron chi connectivity index (χ0n) is 13.3. The van der Waals surface area contributed by atoms with Crippen molar-refractivity contribution in [2.24, 2.45) is 5.41 Å². The highest BCUT2D eigenvalue weighted by molar-refractivity contribution is 8.26. The number of rotatable bonds is 3. The summed E-state index contributed by atoms with van der Waals surface area (Å²) in [6, 6.07) is 6.05. The van der Waals surface area contributed by atoms with Gasteiger partial charge < -0.3 is 0 Å². The highest BCUT2D eigenvalue weighted by Gasteiger charge is 2.59. The molecule has 1 fully saturated rings. The smallest absolute Gasteiger partial charge is 0.260 e. The molecule has 1 aromatic carbocycles. The lowest BCUT2D eigenvalue weighted by molar-refractivity contribution is 0.227. The van der Waals surface area contributed by atoms with E-state index in [1.54, 1.807) is 12.1 Å². The largest absolute Gasteiger partial charge is 0.304 e. The molecule has 23 heavy (non-hydrogen) atoms. The molecule has 1 aromatic rings. The third-order valence-corrected chi connectivity index (χ3v) is 7.56. The SMILES string of the molecule is C#CC(C)SC1(C(C)(C)C)SC(=O)N(c2ccccc2F)N1Cl. The third-order valence-electron chi connectivity index (χ3n) is 3.42. The van der Waals surface area contributed by atoms with Gasteiger partial charge in [-0.1, -0.05) is 43.4 Å². The van der Waals surface area contributed by atoms with E-state index in [1.807, 2.05) is 27.7 Å². The van der Waals surface area contributed by atoms with Crippen molar-refractivity contribution in [2.75, 3.05) is 5.01 Å². The number of para-hydroxylation sites is 1. The topological polar surface area (TPSA) is 23.6 Å². The first kappa shape index (κ1) is 18.5. The molecule has 0 spiro atoms. The quantitative estimate of drug-likeness (QED) is 0.529. The van der Waals surface area contributed by atoms with Crippen LogP contribution < -0.4 is 5.01 Å². The summed E-state index contributed by atoms with van der Waals surface area (Å²) in [6.07, 6.45) is 5.50. The predicted octanol–water partition coefficient (Wildman–Crippen LogP) is 5.32. The Balaban J connectivity index is 2.51. The Morgan fingerprint density at radius 1 is 1.43 bits per heavy atom. The van der Waals surface area contributed by atoms with Crippen molar-refractivity contribution < 1.29 is 9.18 Å². The molecule has 0 aromatic heterocycles. The molecule has 3 nitrogen and oxygen atoms in total. The summed E-state index contributed by atoms with van der Waals surface area (Å²) in [6.45, 7) is 7.80. The van der Waals surface area contributed by atoms with Gasteiger partial charge in [0, 0.05) is 17.2 Å². The van der Waals surface area contributed by atoms with Gasteiger partial charge in [-0.25, -0.2) is 9.40 Å². The van der Waals surface area contributed by atoms with E-state index in [0.29, 0.717) is 0 Å². The van der Waals surface area contributed by atoms with E-state index in [2.05, 4.69) is 5.92 Å². The van der Waals surface area contributed by atoms with Crippen LogP contribution in [0.15, 0.2) is 24.3 Å². The van der Waals surface area contributed by atoms with Gasteiger partial charge in [0.05, 0.1) is 10.9 Å². The van der Waals surface area contributed by atoms with Gasteiger partial charge in [-0.05, 0) is 30.8 Å². The number of halogens is 2. The van der Waals surface area contributed by atoms with Crippen molar-refractivity contribution in [1.29, 1.82) is 0 Å². The van der Waals surface area contributed by atoms with Gasteiger partial charge in [-0.2, -0.15) is 0 Å². The summed E-state index contributed by atoms with van der Waals surface area (Å²) in [7, 11) is 0. The molecule has 124 valence electrons. The molecule has 0 bridgehead atoms. The van der Waals surface area contributed by atoms with Crippen LogP contribution in [0.25, 0.3) is 0 Å². The number of thioether (sulfide) groups is 2. The second-order valence-electron chi connectivity index (χ2n) is 6.15. The van der Waals surface area contributed by atoms with Crippen molar-refractivity contribution in [3.63, 3.8) is 0 Å². The van der Waals surface area contributed by atoms with Gasteiger partial charge in [-0.3, -0.25) is 4.79 Å². The Bertz CT molecular complexity index is 658. The summed E-state index contributed by atoms with van der Waals surface area (Å²) < 4.78 is 14.6. The fourth-order valence-corrected chi connectivity index (χ4v) is 5.71. The maximum Gasteiger partial charge on any atom is 0.304 e. The molecule has 0 saturated carbocycles. The number of benzene rings is 1. The fraction of sp³-hybridized carbons (Fsp3) is 0.438. The van der Waals surface area contributed by atoms with E-state index in [0.717, 1.165) is 11.8 Å². The summed E-state index contributed by atoms with van der Waals surface area (Å²) in [4.78, 5) is 12.6. The number of anilines is 1. The van der Waals surface area contributed by atoms with E-state index < -0.39 is 15.4 Å². The minimum Gasteiger partial charge on any atom is -0.260 e. The van der Waals surface area contributed by atoms with Crippen LogP contribution in [0, 0.1) is 23.6 Å².